The number of hydrogen-bond acceptors (Lipinski definition) is 5. The van der Waals surface area contributed by atoms with Crippen molar-refractivity contribution in [2.75, 3.05) is 18.1 Å². The lowest BCUT2D eigenvalue weighted by Crippen LogP contribution is -2.43. The Morgan fingerprint density at radius 2 is 1.68 bits per heavy atom. The summed E-state index contributed by atoms with van der Waals surface area (Å²) in [7, 11) is 0. The summed E-state index contributed by atoms with van der Waals surface area (Å²) in [6.07, 6.45) is 0.849. The highest BCUT2D eigenvalue weighted by Gasteiger charge is 2.57. The molecule has 0 saturated carbocycles. The van der Waals surface area contributed by atoms with Gasteiger partial charge in [0.25, 0.3) is 0 Å². The molecular weight excluding hydrogens is 392 g/mol. The lowest BCUT2D eigenvalue weighted by atomic mass is 9.76. The molecule has 3 aliphatic heterocycles. The van der Waals surface area contributed by atoms with E-state index < -0.39 is 5.41 Å². The van der Waals surface area contributed by atoms with E-state index in [2.05, 4.69) is 16.3 Å². The van der Waals surface area contributed by atoms with Crippen molar-refractivity contribution < 1.29 is 14.3 Å². The normalized spacial score (nSPS) is 20.6. The maximum atomic E-state index is 14.0. The van der Waals surface area contributed by atoms with Crippen molar-refractivity contribution in [2.45, 2.75) is 18.5 Å². The molecule has 0 aliphatic carbocycles. The van der Waals surface area contributed by atoms with E-state index in [0.29, 0.717) is 6.61 Å². The quantitative estimate of drug-likeness (QED) is 0.508. The maximum Gasteiger partial charge on any atom is 0.247 e. The highest BCUT2D eigenvalue weighted by molar-refractivity contribution is 6.11. The van der Waals surface area contributed by atoms with Gasteiger partial charge in [0.15, 0.2) is 0 Å². The average molecular weight is 410 g/mol. The summed E-state index contributed by atoms with van der Waals surface area (Å²) >= 11 is 0. The fraction of sp³-hybridized carbons (Fsp3) is 0.208. The van der Waals surface area contributed by atoms with Crippen LogP contribution in [0.4, 0.5) is 5.69 Å². The van der Waals surface area contributed by atoms with Gasteiger partial charge in [0.05, 0.1) is 12.3 Å². The number of hydrogen-bond donors (Lipinski definition) is 0. The Balaban J connectivity index is 1.37. The van der Waals surface area contributed by atoms with Crippen molar-refractivity contribution in [3.8, 4) is 11.5 Å². The largest absolute Gasteiger partial charge is 0.493 e. The van der Waals surface area contributed by atoms with Crippen LogP contribution in [-0.4, -0.2) is 34.1 Å². The molecule has 0 N–H and O–H groups in total. The third kappa shape index (κ3) is 2.15. The van der Waals surface area contributed by atoms with Crippen LogP contribution in [0.3, 0.4) is 0 Å². The van der Waals surface area contributed by atoms with Crippen molar-refractivity contribution >= 4 is 22.6 Å². The summed E-state index contributed by atoms with van der Waals surface area (Å²) in [5.74, 6) is 1.58. The van der Waals surface area contributed by atoms with Gasteiger partial charge in [-0.05, 0) is 35.4 Å². The van der Waals surface area contributed by atoms with Crippen molar-refractivity contribution in [3.05, 3.63) is 77.4 Å². The lowest BCUT2D eigenvalue weighted by molar-refractivity contribution is -0.122. The van der Waals surface area contributed by atoms with Crippen molar-refractivity contribution in [3.63, 3.8) is 0 Å². The van der Waals surface area contributed by atoms with Crippen LogP contribution in [-0.2, 0) is 23.3 Å². The lowest BCUT2D eigenvalue weighted by Gasteiger charge is -2.23. The minimum absolute atomic E-state index is 0.00679. The molecule has 1 unspecified atom stereocenters. The molecule has 1 aromatic heterocycles. The van der Waals surface area contributed by atoms with E-state index in [4.69, 9.17) is 9.47 Å². The van der Waals surface area contributed by atoms with E-state index in [1.165, 1.54) is 0 Å². The zero-order valence-electron chi connectivity index (χ0n) is 16.6. The predicted octanol–water partition coefficient (Wildman–Crippen LogP) is 3.05. The number of ether oxygens (including phenoxy) is 2. The Kier molecular flexibility index (Phi) is 3.18. The van der Waals surface area contributed by atoms with Crippen molar-refractivity contribution in [1.29, 1.82) is 0 Å². The van der Waals surface area contributed by atoms with E-state index in [9.17, 15) is 4.79 Å². The van der Waals surface area contributed by atoms with Crippen LogP contribution >= 0.6 is 0 Å². The monoisotopic (exact) mass is 410 g/mol. The van der Waals surface area contributed by atoms with Crippen molar-refractivity contribution in [1.82, 2.24) is 15.0 Å². The Morgan fingerprint density at radius 1 is 0.903 bits per heavy atom. The summed E-state index contributed by atoms with van der Waals surface area (Å²) in [6.45, 7) is 1.20. The van der Waals surface area contributed by atoms with Gasteiger partial charge in [-0.3, -0.25) is 9.69 Å². The van der Waals surface area contributed by atoms with Crippen LogP contribution in [0.25, 0.3) is 11.0 Å². The molecule has 0 fully saturated rings. The predicted molar refractivity (Wildman–Crippen MR) is 113 cm³/mol. The van der Waals surface area contributed by atoms with Crippen LogP contribution in [0.15, 0.2) is 60.7 Å². The molecule has 4 heterocycles. The zero-order valence-corrected chi connectivity index (χ0v) is 16.6. The number of fused-ring (bicyclic) bond motifs is 6. The number of amides is 1. The van der Waals surface area contributed by atoms with E-state index >= 15 is 0 Å². The first-order valence-corrected chi connectivity index (χ1v) is 10.4. The Hall–Kier alpha value is -3.87. The SMILES string of the molecule is O=C1N(Cn2nc3ccccc3n2)c2ccccc2C12COc1cc3c(cc12)CCO3. The molecule has 3 aromatic carbocycles. The number of aromatic nitrogens is 3. The first kappa shape index (κ1) is 16.9. The summed E-state index contributed by atoms with van der Waals surface area (Å²) in [5.41, 5.74) is 4.67. The smallest absolute Gasteiger partial charge is 0.247 e. The minimum atomic E-state index is -0.851. The third-order valence-electron chi connectivity index (χ3n) is 6.56. The number of anilines is 1. The summed E-state index contributed by atoms with van der Waals surface area (Å²) in [4.78, 5) is 17.4. The standard InChI is InChI=1S/C24H18N4O3/c29-23-24(13-31-22-12-21-15(9-10-30-21)11-17(22)24)16-5-1-4-8-20(16)27(23)14-28-25-18-6-2-3-7-19(18)26-28/h1-8,11-12H,9-10,13-14H2. The first-order valence-electron chi connectivity index (χ1n) is 10.4. The fourth-order valence-corrected chi connectivity index (χ4v) is 5.08. The van der Waals surface area contributed by atoms with Gasteiger partial charge in [-0.25, -0.2) is 0 Å². The Bertz CT molecular complexity index is 1360. The van der Waals surface area contributed by atoms with Crippen LogP contribution in [0.2, 0.25) is 0 Å². The number of nitrogens with zero attached hydrogens (tertiary/aromatic N) is 4. The van der Waals surface area contributed by atoms with E-state index in [1.54, 1.807) is 9.70 Å². The van der Waals surface area contributed by atoms with E-state index in [0.717, 1.165) is 51.3 Å². The number of benzene rings is 3. The Morgan fingerprint density at radius 3 is 2.52 bits per heavy atom. The molecule has 0 radical (unpaired) electrons. The molecule has 7 heteroatoms. The van der Waals surface area contributed by atoms with Gasteiger partial charge >= 0.3 is 0 Å². The number of rotatable bonds is 2. The van der Waals surface area contributed by atoms with Crippen LogP contribution in [0.5, 0.6) is 11.5 Å². The average Bonchev–Trinajstić information content (AvgIpc) is 3.55. The molecule has 0 saturated heterocycles. The highest BCUT2D eigenvalue weighted by atomic mass is 16.5. The molecule has 1 atom stereocenters. The molecule has 0 bridgehead atoms. The molecule has 7 nitrogen and oxygen atoms in total. The zero-order chi connectivity index (χ0) is 20.6. The first-order chi connectivity index (χ1) is 15.2. The minimum Gasteiger partial charge on any atom is -0.493 e. The van der Waals surface area contributed by atoms with E-state index in [-0.39, 0.29) is 19.2 Å². The van der Waals surface area contributed by atoms with Gasteiger partial charge in [0.1, 0.15) is 41.2 Å². The highest BCUT2D eigenvalue weighted by Crippen LogP contribution is 2.53. The van der Waals surface area contributed by atoms with Crippen LogP contribution in [0.1, 0.15) is 16.7 Å². The summed E-state index contributed by atoms with van der Waals surface area (Å²) in [6, 6.07) is 19.7. The molecule has 1 amide bonds. The summed E-state index contributed by atoms with van der Waals surface area (Å²) < 4.78 is 11.8. The second-order valence-electron chi connectivity index (χ2n) is 8.20. The van der Waals surface area contributed by atoms with Crippen LogP contribution in [0, 0.1) is 0 Å². The van der Waals surface area contributed by atoms with Gasteiger partial charge in [-0.1, -0.05) is 30.3 Å². The van der Waals surface area contributed by atoms with Crippen molar-refractivity contribution in [2.24, 2.45) is 0 Å². The van der Waals surface area contributed by atoms with E-state index in [1.807, 2.05) is 54.6 Å². The molecule has 7 rings (SSSR count). The molecule has 3 aliphatic rings. The van der Waals surface area contributed by atoms with Gasteiger partial charge < -0.3 is 9.47 Å². The van der Waals surface area contributed by atoms with Crippen LogP contribution < -0.4 is 14.4 Å². The van der Waals surface area contributed by atoms with Gasteiger partial charge in [-0.2, -0.15) is 15.0 Å². The number of carbonyl (C=O) groups excluding carboxylic acids is 1. The van der Waals surface area contributed by atoms with Gasteiger partial charge in [-0.15, -0.1) is 0 Å². The molecular formula is C24H18N4O3. The number of carbonyl (C=O) groups is 1. The van der Waals surface area contributed by atoms with Gasteiger partial charge in [0.2, 0.25) is 5.91 Å². The topological polar surface area (TPSA) is 69.5 Å². The second kappa shape index (κ2) is 5.85. The fourth-order valence-electron chi connectivity index (χ4n) is 5.08. The molecule has 1 spiro atoms. The molecule has 31 heavy (non-hydrogen) atoms. The molecule has 152 valence electrons. The third-order valence-corrected chi connectivity index (χ3v) is 6.56. The second-order valence-corrected chi connectivity index (χ2v) is 8.20. The molecule has 4 aromatic rings. The summed E-state index contributed by atoms with van der Waals surface area (Å²) in [5, 5.41) is 9.11. The number of para-hydroxylation sites is 1. The maximum absolute atomic E-state index is 14.0. The van der Waals surface area contributed by atoms with Gasteiger partial charge in [0, 0.05) is 18.1 Å². The Labute approximate surface area is 177 Å².